The summed E-state index contributed by atoms with van der Waals surface area (Å²) in [5.41, 5.74) is 9.62. The van der Waals surface area contributed by atoms with Crippen molar-refractivity contribution < 1.29 is 22.4 Å². The van der Waals surface area contributed by atoms with Crippen LogP contribution in [0.3, 0.4) is 0 Å². The van der Waals surface area contributed by atoms with Crippen molar-refractivity contribution in [1.82, 2.24) is 9.55 Å². The maximum absolute atomic E-state index is 14.2. The van der Waals surface area contributed by atoms with Gasteiger partial charge in [0.25, 0.3) is 0 Å². The molecular weight excluding hydrogens is 508 g/mol. The van der Waals surface area contributed by atoms with Crippen molar-refractivity contribution in [3.05, 3.63) is 83.4 Å². The predicted octanol–water partition coefficient (Wildman–Crippen LogP) is 6.81. The molecule has 0 aliphatic heterocycles. The minimum Gasteiger partial charge on any atom is -0.331 e. The lowest BCUT2D eigenvalue weighted by molar-refractivity contribution is -0.137. The van der Waals surface area contributed by atoms with Gasteiger partial charge in [-0.1, -0.05) is 36.8 Å². The lowest BCUT2D eigenvalue weighted by Crippen LogP contribution is -2.28. The summed E-state index contributed by atoms with van der Waals surface area (Å²) in [6.07, 6.45) is -0.914. The smallest absolute Gasteiger partial charge is 0.331 e. The van der Waals surface area contributed by atoms with E-state index in [4.69, 9.17) is 10.7 Å². The zero-order valence-corrected chi connectivity index (χ0v) is 21.6. The fraction of sp³-hybridized carbons (Fsp3) is 0.333. The van der Waals surface area contributed by atoms with Crippen molar-refractivity contribution in [2.24, 2.45) is 18.7 Å². The van der Waals surface area contributed by atoms with E-state index in [0.29, 0.717) is 25.5 Å². The van der Waals surface area contributed by atoms with E-state index in [0.717, 1.165) is 64.9 Å². The number of rotatable bonds is 6. The number of alkyl halides is 3. The van der Waals surface area contributed by atoms with Crippen LogP contribution in [0.5, 0.6) is 0 Å². The Morgan fingerprint density at radius 1 is 1.05 bits per heavy atom. The number of aryl methyl sites for hydroxylation is 1. The van der Waals surface area contributed by atoms with E-state index in [9.17, 15) is 22.4 Å². The van der Waals surface area contributed by atoms with Gasteiger partial charge in [-0.25, -0.2) is 9.37 Å². The summed E-state index contributed by atoms with van der Waals surface area (Å²) in [4.78, 5) is 17.6. The fourth-order valence-corrected chi connectivity index (χ4v) is 5.49. The first-order valence-corrected chi connectivity index (χ1v) is 13.1. The van der Waals surface area contributed by atoms with Gasteiger partial charge in [0.2, 0.25) is 5.91 Å². The van der Waals surface area contributed by atoms with E-state index in [1.165, 1.54) is 0 Å². The highest BCUT2D eigenvalue weighted by Crippen LogP contribution is 2.38. The van der Waals surface area contributed by atoms with Crippen LogP contribution in [-0.2, 0) is 24.4 Å². The van der Waals surface area contributed by atoms with Crippen LogP contribution in [0.4, 0.5) is 23.2 Å². The molecule has 3 N–H and O–H groups in total. The van der Waals surface area contributed by atoms with Crippen molar-refractivity contribution in [1.29, 1.82) is 0 Å². The summed E-state index contributed by atoms with van der Waals surface area (Å²) in [5.74, 6) is -0.692. The molecular formula is C30H30F4N4O. The molecule has 3 aromatic carbocycles. The topological polar surface area (TPSA) is 72.9 Å². The van der Waals surface area contributed by atoms with Crippen LogP contribution in [-0.4, -0.2) is 22.0 Å². The number of hydrogen-bond acceptors (Lipinski definition) is 3. The molecule has 39 heavy (non-hydrogen) atoms. The maximum Gasteiger partial charge on any atom is 0.416 e. The number of nitrogens with one attached hydrogen (secondary N) is 1. The molecule has 1 aliphatic rings. The van der Waals surface area contributed by atoms with E-state index in [1.807, 2.05) is 7.05 Å². The Morgan fingerprint density at radius 3 is 2.49 bits per heavy atom. The quantitative estimate of drug-likeness (QED) is 0.265. The molecule has 204 valence electrons. The van der Waals surface area contributed by atoms with Crippen molar-refractivity contribution in [3.63, 3.8) is 0 Å². The number of carbonyl (C=O) groups is 1. The lowest BCUT2D eigenvalue weighted by Gasteiger charge is -2.29. The molecule has 1 amide bonds. The number of carbonyl (C=O) groups excluding carboxylic acids is 1. The monoisotopic (exact) mass is 538 g/mol. The third kappa shape index (κ3) is 5.68. The SMILES string of the molecule is Cn1c(CCN)nc2cc(-c3ccc(C4CCCC(C(=O)Nc5ccc(C(F)(F)F)cc5F)C4)cc3)ccc21. The Kier molecular flexibility index (Phi) is 7.44. The van der Waals surface area contributed by atoms with Gasteiger partial charge in [0.05, 0.1) is 22.3 Å². The molecule has 1 fully saturated rings. The molecule has 1 aromatic heterocycles. The van der Waals surface area contributed by atoms with Crippen LogP contribution < -0.4 is 11.1 Å². The summed E-state index contributed by atoms with van der Waals surface area (Å²) in [7, 11) is 1.99. The normalized spacial score (nSPS) is 17.9. The zero-order valence-electron chi connectivity index (χ0n) is 21.6. The van der Waals surface area contributed by atoms with E-state index in [2.05, 4.69) is 52.3 Å². The number of nitrogens with two attached hydrogens (primary N) is 1. The summed E-state index contributed by atoms with van der Waals surface area (Å²) in [6.45, 7) is 0.543. The van der Waals surface area contributed by atoms with Crippen LogP contribution in [0.25, 0.3) is 22.2 Å². The number of nitrogens with zero attached hydrogens (tertiary/aromatic N) is 2. The summed E-state index contributed by atoms with van der Waals surface area (Å²) in [5, 5.41) is 2.49. The Bertz CT molecular complexity index is 1490. The molecule has 1 saturated carbocycles. The van der Waals surface area contributed by atoms with Crippen LogP contribution in [0.1, 0.15) is 48.6 Å². The van der Waals surface area contributed by atoms with Crippen LogP contribution in [0.15, 0.2) is 60.7 Å². The molecule has 5 rings (SSSR count). The third-order valence-corrected chi connectivity index (χ3v) is 7.66. The molecule has 9 heteroatoms. The highest BCUT2D eigenvalue weighted by molar-refractivity contribution is 5.92. The number of fused-ring (bicyclic) bond motifs is 1. The first kappa shape index (κ1) is 26.9. The van der Waals surface area contributed by atoms with Crippen molar-refractivity contribution in [2.45, 2.75) is 44.2 Å². The van der Waals surface area contributed by atoms with Gasteiger partial charge >= 0.3 is 6.18 Å². The minimum absolute atomic E-state index is 0.165. The predicted molar refractivity (Wildman–Crippen MR) is 144 cm³/mol. The second-order valence-electron chi connectivity index (χ2n) is 10.2. The van der Waals surface area contributed by atoms with Gasteiger partial charge in [-0.2, -0.15) is 13.2 Å². The first-order valence-electron chi connectivity index (χ1n) is 13.1. The number of anilines is 1. The van der Waals surface area contributed by atoms with Crippen LogP contribution in [0.2, 0.25) is 0 Å². The second-order valence-corrected chi connectivity index (χ2v) is 10.2. The standard InChI is InChI=1S/C30H30F4N4O/c1-38-27-12-9-21(16-26(27)36-28(38)13-14-35)19-7-5-18(6-8-19)20-3-2-4-22(15-20)29(39)37-25-11-10-23(17-24(25)31)30(32,33)34/h5-12,16-17,20,22H,2-4,13-15,35H2,1H3,(H,37,39). The Hall–Kier alpha value is -3.72. The van der Waals surface area contributed by atoms with Gasteiger partial charge in [0.15, 0.2) is 0 Å². The highest BCUT2D eigenvalue weighted by Gasteiger charge is 2.32. The summed E-state index contributed by atoms with van der Waals surface area (Å²) < 4.78 is 54.8. The molecule has 0 spiro atoms. The number of aromatic nitrogens is 2. The number of hydrogen-bond donors (Lipinski definition) is 2. The van der Waals surface area contributed by atoms with Crippen LogP contribution >= 0.6 is 0 Å². The fourth-order valence-electron chi connectivity index (χ4n) is 5.49. The van der Waals surface area contributed by atoms with E-state index in [1.54, 1.807) is 0 Å². The molecule has 5 nitrogen and oxygen atoms in total. The van der Waals surface area contributed by atoms with Gasteiger partial charge in [0.1, 0.15) is 11.6 Å². The number of imidazole rings is 1. The van der Waals surface area contributed by atoms with Crippen LogP contribution in [0, 0.1) is 11.7 Å². The van der Waals surface area contributed by atoms with E-state index < -0.39 is 17.6 Å². The Morgan fingerprint density at radius 2 is 1.79 bits per heavy atom. The second kappa shape index (κ2) is 10.8. The highest BCUT2D eigenvalue weighted by atomic mass is 19.4. The van der Waals surface area contributed by atoms with Gasteiger partial charge < -0.3 is 15.6 Å². The van der Waals surface area contributed by atoms with Crippen molar-refractivity contribution in [2.75, 3.05) is 11.9 Å². The average Bonchev–Trinajstić information content (AvgIpc) is 3.24. The molecule has 1 heterocycles. The number of amides is 1. The van der Waals surface area contributed by atoms with E-state index in [-0.39, 0.29) is 23.4 Å². The molecule has 0 saturated heterocycles. The first-order chi connectivity index (χ1) is 18.6. The van der Waals surface area contributed by atoms with Gasteiger partial charge in [-0.05, 0) is 78.7 Å². The maximum atomic E-state index is 14.2. The average molecular weight is 539 g/mol. The number of benzene rings is 3. The molecule has 0 bridgehead atoms. The van der Waals surface area contributed by atoms with Crippen molar-refractivity contribution >= 4 is 22.6 Å². The minimum atomic E-state index is -4.64. The largest absolute Gasteiger partial charge is 0.416 e. The molecule has 1 aliphatic carbocycles. The molecule has 2 unspecified atom stereocenters. The Labute approximate surface area is 224 Å². The van der Waals surface area contributed by atoms with E-state index >= 15 is 0 Å². The van der Waals surface area contributed by atoms with Gasteiger partial charge in [-0.15, -0.1) is 0 Å². The third-order valence-electron chi connectivity index (χ3n) is 7.66. The molecule has 4 aromatic rings. The van der Waals surface area contributed by atoms with Crippen molar-refractivity contribution in [3.8, 4) is 11.1 Å². The molecule has 0 radical (unpaired) electrons. The Balaban J connectivity index is 1.26. The number of halogens is 4. The van der Waals surface area contributed by atoms with Gasteiger partial charge in [-0.3, -0.25) is 4.79 Å². The zero-order chi connectivity index (χ0) is 27.7. The summed E-state index contributed by atoms with van der Waals surface area (Å²) in [6, 6.07) is 16.7. The lowest BCUT2D eigenvalue weighted by atomic mass is 9.77. The van der Waals surface area contributed by atoms with Gasteiger partial charge in [0, 0.05) is 19.4 Å². The molecule has 2 atom stereocenters. The summed E-state index contributed by atoms with van der Waals surface area (Å²) >= 11 is 0.